The summed E-state index contributed by atoms with van der Waals surface area (Å²) in [5.74, 6) is -0.633. The number of benzene rings is 1. The lowest BCUT2D eigenvalue weighted by Gasteiger charge is -2.38. The third-order valence-corrected chi connectivity index (χ3v) is 5.13. The maximum atomic E-state index is 13.5. The second kappa shape index (κ2) is 8.45. The molecular weight excluding hydrogens is 358 g/mol. The Morgan fingerprint density at radius 2 is 1.96 bits per heavy atom. The van der Waals surface area contributed by atoms with Crippen LogP contribution < -0.4 is 0 Å². The van der Waals surface area contributed by atoms with E-state index in [0.29, 0.717) is 0 Å². The molecule has 0 bridgehead atoms. The Kier molecular flexibility index (Phi) is 6.67. The zero-order valence-corrected chi connectivity index (χ0v) is 17.5. The highest BCUT2D eigenvalue weighted by Gasteiger charge is 2.57. The van der Waals surface area contributed by atoms with E-state index in [0.717, 1.165) is 10.5 Å². The molecule has 1 aliphatic rings. The van der Waals surface area contributed by atoms with Crippen LogP contribution in [0.1, 0.15) is 47.1 Å². The van der Waals surface area contributed by atoms with Crippen molar-refractivity contribution in [2.24, 2.45) is 5.92 Å². The zero-order chi connectivity index (χ0) is 21.1. The maximum Gasteiger partial charge on any atom is 0.417 e. The van der Waals surface area contributed by atoms with Crippen LogP contribution in [0.3, 0.4) is 0 Å². The summed E-state index contributed by atoms with van der Waals surface area (Å²) in [5, 5.41) is 10.7. The Bertz CT molecular complexity index is 728. The van der Waals surface area contributed by atoms with Gasteiger partial charge in [-0.05, 0) is 39.2 Å². The Balaban J connectivity index is 2.39. The number of carbonyl (C=O) groups excluding carboxylic acids is 2. The molecule has 154 valence electrons. The maximum absolute atomic E-state index is 13.5. The van der Waals surface area contributed by atoms with Crippen molar-refractivity contribution >= 4 is 12.0 Å². The van der Waals surface area contributed by atoms with Gasteiger partial charge >= 0.3 is 6.09 Å². The van der Waals surface area contributed by atoms with Gasteiger partial charge in [0.25, 0.3) is 5.91 Å². The highest BCUT2D eigenvalue weighted by molar-refractivity contribution is 5.99. The summed E-state index contributed by atoms with van der Waals surface area (Å²) >= 11 is 0. The minimum atomic E-state index is -1.64. The lowest BCUT2D eigenvalue weighted by atomic mass is 9.87. The quantitative estimate of drug-likeness (QED) is 0.720. The molecule has 3 atom stereocenters. The molecule has 6 heteroatoms. The average molecular weight is 389 g/mol. The molecule has 0 aliphatic carbocycles. The molecule has 1 N–H and O–H groups in total. The van der Waals surface area contributed by atoms with E-state index in [2.05, 4.69) is 0 Å². The zero-order valence-electron chi connectivity index (χ0n) is 17.5. The summed E-state index contributed by atoms with van der Waals surface area (Å²) in [6.45, 7) is 10.8. The summed E-state index contributed by atoms with van der Waals surface area (Å²) in [5.41, 5.74) is -1.61. The van der Waals surface area contributed by atoms with E-state index in [9.17, 15) is 14.7 Å². The van der Waals surface area contributed by atoms with Gasteiger partial charge < -0.3 is 14.6 Å². The van der Waals surface area contributed by atoms with Crippen molar-refractivity contribution in [2.75, 3.05) is 0 Å². The van der Waals surface area contributed by atoms with Gasteiger partial charge in [0, 0.05) is 0 Å². The van der Waals surface area contributed by atoms with Crippen molar-refractivity contribution in [3.63, 3.8) is 0 Å². The first-order valence-corrected chi connectivity index (χ1v) is 9.60. The van der Waals surface area contributed by atoms with Crippen molar-refractivity contribution in [1.29, 1.82) is 0 Å². The number of imide groups is 1. The third kappa shape index (κ3) is 4.28. The normalized spacial score (nSPS) is 22.4. The molecule has 1 aromatic rings. The molecule has 2 amide bonds. The Hall–Kier alpha value is -2.18. The van der Waals surface area contributed by atoms with E-state index in [1.54, 1.807) is 26.8 Å². The molecule has 0 spiro atoms. The van der Waals surface area contributed by atoms with E-state index in [4.69, 9.17) is 9.47 Å². The van der Waals surface area contributed by atoms with Crippen LogP contribution in [-0.2, 0) is 20.9 Å². The lowest BCUT2D eigenvalue weighted by Crippen LogP contribution is -2.59. The second-order valence-corrected chi connectivity index (χ2v) is 8.19. The van der Waals surface area contributed by atoms with Gasteiger partial charge in [0.15, 0.2) is 5.60 Å². The van der Waals surface area contributed by atoms with Crippen LogP contribution in [0.4, 0.5) is 4.79 Å². The van der Waals surface area contributed by atoms with E-state index >= 15 is 0 Å². The SMILES string of the molecule is C/C=C/[C@@H](O)[C@](C)(OCc1ccccc1)C(=O)N1C(=O)OC(C)(C)[C@@H]1C(C)C. The minimum absolute atomic E-state index is 0.0253. The summed E-state index contributed by atoms with van der Waals surface area (Å²) in [6.07, 6.45) is 1.20. The molecule has 1 aromatic carbocycles. The van der Waals surface area contributed by atoms with Crippen LogP contribution in [-0.4, -0.2) is 45.4 Å². The van der Waals surface area contributed by atoms with Gasteiger partial charge in [-0.2, -0.15) is 0 Å². The van der Waals surface area contributed by atoms with E-state index in [1.165, 1.54) is 13.0 Å². The van der Waals surface area contributed by atoms with Gasteiger partial charge in [0.1, 0.15) is 11.7 Å². The number of nitrogens with zero attached hydrogens (tertiary/aromatic N) is 1. The number of rotatable bonds is 7. The molecule has 0 unspecified atom stereocenters. The van der Waals surface area contributed by atoms with E-state index < -0.39 is 35.3 Å². The van der Waals surface area contributed by atoms with Gasteiger partial charge in [-0.25, -0.2) is 9.69 Å². The number of amides is 2. The molecule has 0 radical (unpaired) electrons. The topological polar surface area (TPSA) is 76.1 Å². The van der Waals surface area contributed by atoms with Crippen molar-refractivity contribution in [3.8, 4) is 0 Å². The summed E-state index contributed by atoms with van der Waals surface area (Å²) in [7, 11) is 0. The molecular formula is C22H31NO5. The van der Waals surface area contributed by atoms with Gasteiger partial charge in [0.2, 0.25) is 0 Å². The highest BCUT2D eigenvalue weighted by atomic mass is 16.6. The predicted molar refractivity (Wildman–Crippen MR) is 106 cm³/mol. The van der Waals surface area contributed by atoms with Gasteiger partial charge in [-0.1, -0.05) is 56.3 Å². The van der Waals surface area contributed by atoms with Crippen molar-refractivity contribution in [1.82, 2.24) is 4.90 Å². The number of aliphatic hydroxyl groups excluding tert-OH is 1. The fraction of sp³-hybridized carbons (Fsp3) is 0.545. The first-order chi connectivity index (χ1) is 13.0. The van der Waals surface area contributed by atoms with Crippen LogP contribution in [0.5, 0.6) is 0 Å². The summed E-state index contributed by atoms with van der Waals surface area (Å²) < 4.78 is 11.4. The molecule has 0 aromatic heterocycles. The smallest absolute Gasteiger partial charge is 0.417 e. The molecule has 1 saturated heterocycles. The number of ether oxygens (including phenoxy) is 2. The fourth-order valence-electron chi connectivity index (χ4n) is 3.76. The fourth-order valence-corrected chi connectivity index (χ4v) is 3.76. The molecule has 6 nitrogen and oxygen atoms in total. The first-order valence-electron chi connectivity index (χ1n) is 9.60. The van der Waals surface area contributed by atoms with Gasteiger partial charge in [0.05, 0.1) is 12.6 Å². The second-order valence-electron chi connectivity index (χ2n) is 8.19. The predicted octanol–water partition coefficient (Wildman–Crippen LogP) is 3.68. The Labute approximate surface area is 167 Å². The van der Waals surface area contributed by atoms with Crippen LogP contribution in [0.2, 0.25) is 0 Å². The monoisotopic (exact) mass is 389 g/mol. The van der Waals surface area contributed by atoms with Crippen molar-refractivity contribution in [3.05, 3.63) is 48.0 Å². The van der Waals surface area contributed by atoms with Crippen LogP contribution in [0.15, 0.2) is 42.5 Å². The number of allylic oxidation sites excluding steroid dienone is 1. The van der Waals surface area contributed by atoms with Crippen molar-refractivity contribution in [2.45, 2.75) is 71.5 Å². The Morgan fingerprint density at radius 1 is 1.36 bits per heavy atom. The standard InChI is InChI=1S/C22H31NO5/c1-7-11-17(24)22(6,27-14-16-12-9-8-10-13-16)19(25)23-18(15(2)3)21(4,5)28-20(23)26/h7-13,15,17-18,24H,14H2,1-6H3/b11-7+/t17-,18+,22+/m1/s1. The average Bonchev–Trinajstić information content (AvgIpc) is 2.88. The van der Waals surface area contributed by atoms with Gasteiger partial charge in [-0.15, -0.1) is 0 Å². The molecule has 0 saturated carbocycles. The van der Waals surface area contributed by atoms with Crippen LogP contribution in [0.25, 0.3) is 0 Å². The number of carbonyl (C=O) groups is 2. The minimum Gasteiger partial charge on any atom is -0.441 e. The van der Waals surface area contributed by atoms with Crippen LogP contribution >= 0.6 is 0 Å². The van der Waals surface area contributed by atoms with E-state index in [1.807, 2.05) is 44.2 Å². The number of hydrogen-bond donors (Lipinski definition) is 1. The molecule has 1 fully saturated rings. The summed E-state index contributed by atoms with van der Waals surface area (Å²) in [4.78, 5) is 27.2. The van der Waals surface area contributed by atoms with Gasteiger partial charge in [-0.3, -0.25) is 4.79 Å². The molecule has 28 heavy (non-hydrogen) atoms. The van der Waals surface area contributed by atoms with E-state index in [-0.39, 0.29) is 12.5 Å². The first kappa shape index (κ1) is 22.1. The summed E-state index contributed by atoms with van der Waals surface area (Å²) in [6, 6.07) is 8.90. The highest BCUT2D eigenvalue weighted by Crippen LogP contribution is 2.37. The number of hydrogen-bond acceptors (Lipinski definition) is 5. The molecule has 1 heterocycles. The van der Waals surface area contributed by atoms with Crippen molar-refractivity contribution < 1.29 is 24.2 Å². The third-order valence-electron chi connectivity index (χ3n) is 5.13. The largest absolute Gasteiger partial charge is 0.441 e. The molecule has 1 aliphatic heterocycles. The van der Waals surface area contributed by atoms with Crippen LogP contribution in [0, 0.1) is 5.92 Å². The lowest BCUT2D eigenvalue weighted by molar-refractivity contribution is -0.169. The number of cyclic esters (lactones) is 1. The molecule has 2 rings (SSSR count). The number of aliphatic hydroxyl groups is 1. The Morgan fingerprint density at radius 3 is 2.50 bits per heavy atom.